The zero-order valence-electron chi connectivity index (χ0n) is 12.0. The zero-order chi connectivity index (χ0) is 16.6. The summed E-state index contributed by atoms with van der Waals surface area (Å²) >= 11 is 11.7. The lowest BCUT2D eigenvalue weighted by Crippen LogP contribution is -2.41. The van der Waals surface area contributed by atoms with Crippen molar-refractivity contribution in [2.45, 2.75) is 38.6 Å². The summed E-state index contributed by atoms with van der Waals surface area (Å²) in [6.07, 6.45) is 0. The molecule has 0 saturated heterocycles. The minimum Gasteiger partial charge on any atom is -0.349 e. The Bertz CT molecular complexity index is 666. The third-order valence-electron chi connectivity index (χ3n) is 3.17. The first-order chi connectivity index (χ1) is 9.34. The molecule has 0 spiro atoms. The van der Waals surface area contributed by atoms with E-state index in [0.717, 1.165) is 6.07 Å². The number of halogens is 3. The summed E-state index contributed by atoms with van der Waals surface area (Å²) < 4.78 is 22.9. The van der Waals surface area contributed by atoms with Gasteiger partial charge in [0.05, 0.1) is 10.0 Å². The topological polar surface area (TPSA) is 63.2 Å². The van der Waals surface area contributed by atoms with Gasteiger partial charge in [-0.15, -0.1) is 0 Å². The van der Waals surface area contributed by atoms with Crippen LogP contribution in [0.2, 0.25) is 10.0 Å². The van der Waals surface area contributed by atoms with Crippen LogP contribution >= 0.6 is 33.9 Å². The molecule has 8 heteroatoms. The summed E-state index contributed by atoms with van der Waals surface area (Å²) in [6.45, 7) is 7.78. The molecule has 1 atom stereocenters. The van der Waals surface area contributed by atoms with Crippen LogP contribution in [0.5, 0.6) is 0 Å². The fourth-order valence-electron chi connectivity index (χ4n) is 1.37. The summed E-state index contributed by atoms with van der Waals surface area (Å²) in [4.78, 5) is 11.8. The highest BCUT2D eigenvalue weighted by molar-refractivity contribution is 8.13. The third kappa shape index (κ3) is 4.74. The Morgan fingerprint density at radius 1 is 1.24 bits per heavy atom. The second-order valence-corrected chi connectivity index (χ2v) is 9.09. The molecule has 118 valence electrons. The minimum absolute atomic E-state index is 0.0491. The summed E-state index contributed by atoms with van der Waals surface area (Å²) in [6, 6.07) is 2.29. The smallest absolute Gasteiger partial charge is 0.262 e. The van der Waals surface area contributed by atoms with E-state index in [1.807, 2.05) is 27.7 Å². The summed E-state index contributed by atoms with van der Waals surface area (Å²) in [5, 5.41) is 2.53. The molecule has 1 aromatic rings. The molecule has 0 aliphatic rings. The van der Waals surface area contributed by atoms with Gasteiger partial charge < -0.3 is 5.32 Å². The van der Waals surface area contributed by atoms with Crippen molar-refractivity contribution in [3.05, 3.63) is 27.7 Å². The van der Waals surface area contributed by atoms with E-state index < -0.39 is 15.0 Å². The van der Waals surface area contributed by atoms with Gasteiger partial charge in [-0.3, -0.25) is 4.79 Å². The van der Waals surface area contributed by atoms with Gasteiger partial charge >= 0.3 is 0 Å². The Labute approximate surface area is 139 Å². The standard InChI is InChI=1S/C13H16Cl3NO3S/c1-7(13(2,3)4)17-12(18)8-5-9(14)11(15)10(6-8)21(16,19)20/h5-7H,1-4H3,(H,17,18). The highest BCUT2D eigenvalue weighted by Crippen LogP contribution is 2.33. The Hall–Kier alpha value is -0.490. The van der Waals surface area contributed by atoms with E-state index >= 15 is 0 Å². The van der Waals surface area contributed by atoms with Gasteiger partial charge in [0.15, 0.2) is 0 Å². The number of hydrogen-bond acceptors (Lipinski definition) is 3. The molecular formula is C13H16Cl3NO3S. The normalized spacial score (nSPS) is 13.9. The molecule has 1 rings (SSSR count). The molecule has 1 unspecified atom stereocenters. The van der Waals surface area contributed by atoms with Crippen LogP contribution in [0.4, 0.5) is 0 Å². The maximum absolute atomic E-state index is 12.2. The Morgan fingerprint density at radius 2 is 1.76 bits per heavy atom. The first-order valence-corrected chi connectivity index (χ1v) is 9.15. The van der Waals surface area contributed by atoms with Crippen molar-refractivity contribution < 1.29 is 13.2 Å². The lowest BCUT2D eigenvalue weighted by atomic mass is 9.88. The molecule has 0 aliphatic heterocycles. The fourth-order valence-corrected chi connectivity index (χ4v) is 3.13. The fraction of sp³-hybridized carbons (Fsp3) is 0.462. The van der Waals surface area contributed by atoms with Crippen molar-refractivity contribution in [1.29, 1.82) is 0 Å². The van der Waals surface area contributed by atoms with E-state index in [-0.39, 0.29) is 32.0 Å². The largest absolute Gasteiger partial charge is 0.349 e. The van der Waals surface area contributed by atoms with Gasteiger partial charge in [-0.25, -0.2) is 8.42 Å². The summed E-state index contributed by atoms with van der Waals surface area (Å²) in [5.74, 6) is -0.447. The Morgan fingerprint density at radius 3 is 2.19 bits per heavy atom. The van der Waals surface area contributed by atoms with Crippen LogP contribution in [0.25, 0.3) is 0 Å². The maximum Gasteiger partial charge on any atom is 0.262 e. The molecule has 4 nitrogen and oxygen atoms in total. The molecule has 1 N–H and O–H groups in total. The number of carbonyl (C=O) groups is 1. The molecule has 0 radical (unpaired) electrons. The average Bonchev–Trinajstić information content (AvgIpc) is 2.29. The number of rotatable bonds is 3. The predicted molar refractivity (Wildman–Crippen MR) is 85.9 cm³/mol. The number of carbonyl (C=O) groups excluding carboxylic acids is 1. The molecule has 0 aromatic heterocycles. The Kier molecular flexibility index (Phi) is 5.59. The van der Waals surface area contributed by atoms with Gasteiger partial charge in [0.2, 0.25) is 0 Å². The van der Waals surface area contributed by atoms with Crippen LogP contribution in [0, 0.1) is 5.41 Å². The first-order valence-electron chi connectivity index (χ1n) is 6.08. The quantitative estimate of drug-likeness (QED) is 0.813. The second kappa shape index (κ2) is 6.32. The van der Waals surface area contributed by atoms with Crippen LogP contribution < -0.4 is 5.32 Å². The van der Waals surface area contributed by atoms with Crippen molar-refractivity contribution >= 4 is 48.8 Å². The van der Waals surface area contributed by atoms with Crippen molar-refractivity contribution in [3.63, 3.8) is 0 Å². The highest BCUT2D eigenvalue weighted by Gasteiger charge is 2.24. The lowest BCUT2D eigenvalue weighted by Gasteiger charge is -2.28. The van der Waals surface area contributed by atoms with Gasteiger partial charge in [0.25, 0.3) is 15.0 Å². The van der Waals surface area contributed by atoms with Crippen molar-refractivity contribution in [3.8, 4) is 0 Å². The maximum atomic E-state index is 12.2. The van der Waals surface area contributed by atoms with E-state index in [4.69, 9.17) is 33.9 Å². The molecule has 0 fully saturated rings. The monoisotopic (exact) mass is 371 g/mol. The molecular weight excluding hydrogens is 357 g/mol. The molecule has 0 saturated carbocycles. The number of amides is 1. The van der Waals surface area contributed by atoms with Crippen molar-refractivity contribution in [1.82, 2.24) is 5.32 Å². The first kappa shape index (κ1) is 18.6. The molecule has 0 heterocycles. The number of hydrogen-bond donors (Lipinski definition) is 1. The molecule has 1 aromatic carbocycles. The van der Waals surface area contributed by atoms with E-state index in [2.05, 4.69) is 5.32 Å². The van der Waals surface area contributed by atoms with Gasteiger partial charge in [0, 0.05) is 22.3 Å². The minimum atomic E-state index is -4.09. The SMILES string of the molecule is CC(NC(=O)c1cc(Cl)c(Cl)c(S(=O)(=O)Cl)c1)C(C)(C)C. The summed E-state index contributed by atoms with van der Waals surface area (Å²) in [7, 11) is 1.20. The predicted octanol–water partition coefficient (Wildman–Crippen LogP) is 4.09. The second-order valence-electron chi connectivity index (χ2n) is 5.77. The average molecular weight is 373 g/mol. The Balaban J connectivity index is 3.21. The molecule has 0 aliphatic carbocycles. The van der Waals surface area contributed by atoms with Gasteiger partial charge in [-0.05, 0) is 24.5 Å². The highest BCUT2D eigenvalue weighted by atomic mass is 35.7. The van der Waals surface area contributed by atoms with Crippen molar-refractivity contribution in [2.75, 3.05) is 0 Å². The lowest BCUT2D eigenvalue weighted by molar-refractivity contribution is 0.0910. The summed E-state index contributed by atoms with van der Waals surface area (Å²) in [5.41, 5.74) is -0.0625. The van der Waals surface area contributed by atoms with Gasteiger partial charge in [-0.1, -0.05) is 44.0 Å². The van der Waals surface area contributed by atoms with Crippen LogP contribution in [0.1, 0.15) is 38.1 Å². The van der Waals surface area contributed by atoms with Gasteiger partial charge in [-0.2, -0.15) is 0 Å². The zero-order valence-corrected chi connectivity index (χ0v) is 15.1. The van der Waals surface area contributed by atoms with Crippen molar-refractivity contribution in [2.24, 2.45) is 5.41 Å². The molecule has 21 heavy (non-hydrogen) atoms. The van der Waals surface area contributed by atoms with Crippen LogP contribution in [-0.4, -0.2) is 20.4 Å². The molecule has 1 amide bonds. The van der Waals surface area contributed by atoms with E-state index in [1.54, 1.807) is 0 Å². The molecule has 0 bridgehead atoms. The van der Waals surface area contributed by atoms with E-state index in [1.165, 1.54) is 6.07 Å². The van der Waals surface area contributed by atoms with E-state index in [0.29, 0.717) is 0 Å². The number of nitrogens with one attached hydrogen (secondary N) is 1. The van der Waals surface area contributed by atoms with Crippen LogP contribution in [0.3, 0.4) is 0 Å². The van der Waals surface area contributed by atoms with Crippen LogP contribution in [-0.2, 0) is 9.05 Å². The third-order valence-corrected chi connectivity index (χ3v) is 5.43. The number of benzene rings is 1. The van der Waals surface area contributed by atoms with Crippen LogP contribution in [0.15, 0.2) is 17.0 Å². The van der Waals surface area contributed by atoms with Gasteiger partial charge in [0.1, 0.15) is 4.90 Å². The van der Waals surface area contributed by atoms with E-state index in [9.17, 15) is 13.2 Å².